The van der Waals surface area contributed by atoms with E-state index in [1.54, 1.807) is 22.8 Å². The van der Waals surface area contributed by atoms with Crippen molar-refractivity contribution < 1.29 is 14.1 Å². The van der Waals surface area contributed by atoms with Crippen LogP contribution < -0.4 is 0 Å². The number of carbonyl (C=O) groups excluding carboxylic acids is 2. The zero-order valence-corrected chi connectivity index (χ0v) is 12.4. The van der Waals surface area contributed by atoms with Crippen LogP contribution in [0.1, 0.15) is 17.4 Å². The summed E-state index contributed by atoms with van der Waals surface area (Å²) in [5.74, 6) is 0.459. The zero-order valence-electron chi connectivity index (χ0n) is 12.4. The fourth-order valence-corrected chi connectivity index (χ4v) is 2.50. The summed E-state index contributed by atoms with van der Waals surface area (Å²) in [6, 6.07) is 11.2. The summed E-state index contributed by atoms with van der Waals surface area (Å²) in [6.07, 6.45) is 0. The molecule has 0 saturated carbocycles. The van der Waals surface area contributed by atoms with Crippen molar-refractivity contribution in [2.45, 2.75) is 6.92 Å². The normalized spacial score (nSPS) is 15.0. The van der Waals surface area contributed by atoms with Crippen LogP contribution in [0.3, 0.4) is 0 Å². The maximum absolute atomic E-state index is 12.4. The first-order chi connectivity index (χ1) is 10.6. The molecule has 1 aromatic heterocycles. The average Bonchev–Trinajstić information content (AvgIpc) is 3.05. The predicted octanol–water partition coefficient (Wildman–Crippen LogP) is 1.65. The third-order valence-electron chi connectivity index (χ3n) is 3.80. The van der Waals surface area contributed by atoms with Crippen molar-refractivity contribution in [3.63, 3.8) is 0 Å². The molecule has 6 nitrogen and oxygen atoms in total. The molecule has 2 aromatic rings. The van der Waals surface area contributed by atoms with Crippen LogP contribution in [0.15, 0.2) is 40.9 Å². The van der Waals surface area contributed by atoms with Gasteiger partial charge in [-0.05, 0) is 0 Å². The maximum atomic E-state index is 12.4. The highest BCUT2D eigenvalue weighted by molar-refractivity contribution is 5.93. The van der Waals surface area contributed by atoms with Gasteiger partial charge in [0.05, 0.1) is 0 Å². The Kier molecular flexibility index (Phi) is 3.91. The number of hydrogen-bond donors (Lipinski definition) is 0. The highest BCUT2D eigenvalue weighted by Crippen LogP contribution is 2.20. The molecular weight excluding hydrogens is 282 g/mol. The Morgan fingerprint density at radius 1 is 1.05 bits per heavy atom. The monoisotopic (exact) mass is 299 g/mol. The number of rotatable bonds is 2. The van der Waals surface area contributed by atoms with Crippen LogP contribution in [0.5, 0.6) is 0 Å². The van der Waals surface area contributed by atoms with E-state index >= 15 is 0 Å². The molecule has 1 aliphatic heterocycles. The lowest BCUT2D eigenvalue weighted by molar-refractivity contribution is -0.130. The minimum Gasteiger partial charge on any atom is -0.355 e. The van der Waals surface area contributed by atoms with E-state index in [0.29, 0.717) is 37.6 Å². The molecule has 0 spiro atoms. The Morgan fingerprint density at radius 3 is 2.32 bits per heavy atom. The largest absolute Gasteiger partial charge is 0.355 e. The van der Waals surface area contributed by atoms with Crippen LogP contribution in [-0.2, 0) is 4.79 Å². The molecule has 0 bridgehead atoms. The minimum atomic E-state index is -0.158. The molecule has 6 heteroatoms. The molecule has 1 aliphatic rings. The molecule has 0 radical (unpaired) electrons. The Bertz CT molecular complexity index is 673. The van der Waals surface area contributed by atoms with Gasteiger partial charge in [0.1, 0.15) is 0 Å². The van der Waals surface area contributed by atoms with Gasteiger partial charge in [0.25, 0.3) is 5.91 Å². The number of piperazine rings is 1. The van der Waals surface area contributed by atoms with Gasteiger partial charge in [0, 0.05) is 44.7 Å². The van der Waals surface area contributed by atoms with E-state index in [4.69, 9.17) is 4.52 Å². The summed E-state index contributed by atoms with van der Waals surface area (Å²) in [7, 11) is 0. The lowest BCUT2D eigenvalue weighted by Crippen LogP contribution is -2.50. The molecule has 0 aliphatic carbocycles. The lowest BCUT2D eigenvalue weighted by Gasteiger charge is -2.33. The maximum Gasteiger partial charge on any atom is 0.276 e. The van der Waals surface area contributed by atoms with Gasteiger partial charge in [-0.3, -0.25) is 9.59 Å². The molecule has 3 rings (SSSR count). The van der Waals surface area contributed by atoms with E-state index in [1.807, 2.05) is 30.3 Å². The van der Waals surface area contributed by atoms with Gasteiger partial charge in [-0.2, -0.15) is 0 Å². The smallest absolute Gasteiger partial charge is 0.276 e. The number of aromatic nitrogens is 1. The molecule has 1 aromatic carbocycles. The third kappa shape index (κ3) is 2.86. The quantitative estimate of drug-likeness (QED) is 0.845. The fourth-order valence-electron chi connectivity index (χ4n) is 2.50. The van der Waals surface area contributed by atoms with Crippen LogP contribution in [0.4, 0.5) is 0 Å². The summed E-state index contributed by atoms with van der Waals surface area (Å²) < 4.78 is 5.26. The van der Waals surface area contributed by atoms with Crippen LogP contribution in [0, 0.1) is 0 Å². The number of carbonyl (C=O) groups is 2. The van der Waals surface area contributed by atoms with Crippen LogP contribution >= 0.6 is 0 Å². The molecule has 0 N–H and O–H groups in total. The Morgan fingerprint density at radius 2 is 1.68 bits per heavy atom. The molecule has 0 atom stereocenters. The topological polar surface area (TPSA) is 66.7 Å². The van der Waals surface area contributed by atoms with E-state index in [2.05, 4.69) is 5.16 Å². The standard InChI is InChI=1S/C16H17N3O3/c1-12(20)18-7-9-19(10-8-18)16(21)14-11-15(22-17-14)13-5-3-2-4-6-13/h2-6,11H,7-10H2,1H3. The van der Waals surface area contributed by atoms with E-state index in [9.17, 15) is 9.59 Å². The van der Waals surface area contributed by atoms with Crippen molar-refractivity contribution >= 4 is 11.8 Å². The first-order valence-electron chi connectivity index (χ1n) is 7.22. The van der Waals surface area contributed by atoms with Crippen molar-refractivity contribution in [1.29, 1.82) is 0 Å². The summed E-state index contributed by atoms with van der Waals surface area (Å²) in [5, 5.41) is 3.88. The first-order valence-corrected chi connectivity index (χ1v) is 7.22. The van der Waals surface area contributed by atoms with E-state index in [1.165, 1.54) is 0 Å². The number of amides is 2. The zero-order chi connectivity index (χ0) is 15.5. The molecule has 0 unspecified atom stereocenters. The van der Waals surface area contributed by atoms with Crippen molar-refractivity contribution in [2.75, 3.05) is 26.2 Å². The van der Waals surface area contributed by atoms with Crippen molar-refractivity contribution in [3.8, 4) is 11.3 Å². The Balaban J connectivity index is 1.69. The summed E-state index contributed by atoms with van der Waals surface area (Å²) >= 11 is 0. The van der Waals surface area contributed by atoms with E-state index < -0.39 is 0 Å². The van der Waals surface area contributed by atoms with E-state index in [-0.39, 0.29) is 11.8 Å². The van der Waals surface area contributed by atoms with Crippen molar-refractivity contribution in [1.82, 2.24) is 15.0 Å². The molecule has 114 valence electrons. The lowest BCUT2D eigenvalue weighted by atomic mass is 10.1. The third-order valence-corrected chi connectivity index (χ3v) is 3.80. The SMILES string of the molecule is CC(=O)N1CCN(C(=O)c2cc(-c3ccccc3)on2)CC1. The second kappa shape index (κ2) is 6.01. The number of nitrogens with zero attached hydrogens (tertiary/aromatic N) is 3. The van der Waals surface area contributed by atoms with Crippen LogP contribution in [0.25, 0.3) is 11.3 Å². The van der Waals surface area contributed by atoms with Crippen LogP contribution in [0.2, 0.25) is 0 Å². The highest BCUT2D eigenvalue weighted by atomic mass is 16.5. The van der Waals surface area contributed by atoms with Gasteiger partial charge in [-0.25, -0.2) is 0 Å². The molecule has 2 heterocycles. The number of hydrogen-bond acceptors (Lipinski definition) is 4. The molecule has 1 fully saturated rings. The highest BCUT2D eigenvalue weighted by Gasteiger charge is 2.25. The molecule has 22 heavy (non-hydrogen) atoms. The van der Waals surface area contributed by atoms with Gasteiger partial charge in [-0.15, -0.1) is 0 Å². The van der Waals surface area contributed by atoms with Crippen molar-refractivity contribution in [3.05, 3.63) is 42.1 Å². The average molecular weight is 299 g/mol. The van der Waals surface area contributed by atoms with Gasteiger partial charge in [0.15, 0.2) is 11.5 Å². The summed E-state index contributed by atoms with van der Waals surface area (Å²) in [5.41, 5.74) is 1.19. The molecular formula is C16H17N3O3. The summed E-state index contributed by atoms with van der Waals surface area (Å²) in [4.78, 5) is 27.2. The van der Waals surface area contributed by atoms with E-state index in [0.717, 1.165) is 5.56 Å². The van der Waals surface area contributed by atoms with Crippen molar-refractivity contribution in [2.24, 2.45) is 0 Å². The Hall–Kier alpha value is -2.63. The predicted molar refractivity (Wildman–Crippen MR) is 80.1 cm³/mol. The van der Waals surface area contributed by atoms with Crippen LogP contribution in [-0.4, -0.2) is 52.9 Å². The van der Waals surface area contributed by atoms with Gasteiger partial charge >= 0.3 is 0 Å². The fraction of sp³-hybridized carbons (Fsp3) is 0.312. The first kappa shape index (κ1) is 14.3. The molecule has 2 amide bonds. The minimum absolute atomic E-state index is 0.0416. The Labute approximate surface area is 128 Å². The molecule has 1 saturated heterocycles. The van der Waals surface area contributed by atoms with Gasteiger partial charge in [0.2, 0.25) is 5.91 Å². The number of benzene rings is 1. The summed E-state index contributed by atoms with van der Waals surface area (Å²) in [6.45, 7) is 3.70. The second-order valence-corrected chi connectivity index (χ2v) is 5.24. The second-order valence-electron chi connectivity index (χ2n) is 5.24. The van der Waals surface area contributed by atoms with Gasteiger partial charge in [-0.1, -0.05) is 35.5 Å². The van der Waals surface area contributed by atoms with Gasteiger partial charge < -0.3 is 14.3 Å².